The van der Waals surface area contributed by atoms with E-state index in [1.165, 1.54) is 9.13 Å². The van der Waals surface area contributed by atoms with Crippen LogP contribution in [-0.2, 0) is 26.1 Å². The molecule has 8 nitrogen and oxygen atoms in total. The molecule has 2 amide bonds. The molecule has 2 atom stereocenters. The largest absolute Gasteiger partial charge is 0.366 e. The second kappa shape index (κ2) is 9.45. The molecule has 1 aromatic heterocycles. The van der Waals surface area contributed by atoms with Crippen LogP contribution in [0, 0.1) is 24.2 Å². The Hall–Kier alpha value is -3.33. The minimum Gasteiger partial charge on any atom is -0.366 e. The number of fused-ring (bicyclic) bond motifs is 1. The first-order valence-electron chi connectivity index (χ1n) is 9.59. The van der Waals surface area contributed by atoms with Crippen molar-refractivity contribution >= 4 is 22.8 Å². The molecule has 1 aliphatic heterocycles. The van der Waals surface area contributed by atoms with Gasteiger partial charge in [0.15, 0.2) is 0 Å². The number of benzene rings is 1. The molecule has 0 saturated carbocycles. The van der Waals surface area contributed by atoms with Crippen LogP contribution in [0.4, 0.5) is 0 Å². The van der Waals surface area contributed by atoms with Crippen LogP contribution in [0.2, 0.25) is 0 Å². The van der Waals surface area contributed by atoms with Gasteiger partial charge in [-0.25, -0.2) is 4.79 Å². The highest BCUT2D eigenvalue weighted by molar-refractivity contribution is 6.00. The van der Waals surface area contributed by atoms with Gasteiger partial charge in [-0.15, -0.1) is 6.42 Å². The third-order valence-electron chi connectivity index (χ3n) is 4.83. The highest BCUT2D eigenvalue weighted by Crippen LogP contribution is 2.24. The first-order chi connectivity index (χ1) is 14.4. The molecule has 1 aliphatic rings. The second-order valence-corrected chi connectivity index (χ2v) is 6.99. The van der Waals surface area contributed by atoms with Crippen LogP contribution in [0.25, 0.3) is 11.0 Å². The Morgan fingerprint density at radius 3 is 2.83 bits per heavy atom. The van der Waals surface area contributed by atoms with Gasteiger partial charge < -0.3 is 9.47 Å². The van der Waals surface area contributed by atoms with Gasteiger partial charge in [-0.05, 0) is 25.5 Å². The summed E-state index contributed by atoms with van der Waals surface area (Å²) in [7, 11) is 1.64. The minimum absolute atomic E-state index is 0.130. The molecule has 0 radical (unpaired) electrons. The number of carbonyl (C=O) groups is 2. The fourth-order valence-corrected chi connectivity index (χ4v) is 3.41. The van der Waals surface area contributed by atoms with Crippen molar-refractivity contribution in [1.29, 1.82) is 0 Å². The number of imidazole rings is 1. The van der Waals surface area contributed by atoms with E-state index >= 15 is 0 Å². The van der Waals surface area contributed by atoms with Crippen molar-refractivity contribution < 1.29 is 19.1 Å². The van der Waals surface area contributed by atoms with E-state index in [0.29, 0.717) is 23.2 Å². The standard InChI is InChI=1S/C22H23N3O5/c1-4-12-30-15(2)14-29-13-6-8-16-7-5-9-17-20(16)24(3)22(28)25(17)18-10-11-19(26)23-21(18)27/h1,5,7,9,15,18H,10-14H2,2-3H3,(H,23,26,27). The van der Waals surface area contributed by atoms with Gasteiger partial charge in [0.25, 0.3) is 0 Å². The Morgan fingerprint density at radius 1 is 1.30 bits per heavy atom. The second-order valence-electron chi connectivity index (χ2n) is 6.99. The van der Waals surface area contributed by atoms with Crippen LogP contribution >= 0.6 is 0 Å². The first kappa shape index (κ1) is 21.4. The van der Waals surface area contributed by atoms with Crippen molar-refractivity contribution in [1.82, 2.24) is 14.5 Å². The number of nitrogens with zero attached hydrogens (tertiary/aromatic N) is 2. The van der Waals surface area contributed by atoms with Crippen molar-refractivity contribution in [2.24, 2.45) is 7.05 Å². The number of amides is 2. The number of rotatable bonds is 6. The fourth-order valence-electron chi connectivity index (χ4n) is 3.41. The van der Waals surface area contributed by atoms with Gasteiger partial charge in [-0.3, -0.25) is 24.0 Å². The molecule has 1 saturated heterocycles. The zero-order valence-electron chi connectivity index (χ0n) is 16.9. The van der Waals surface area contributed by atoms with Crippen LogP contribution in [0.1, 0.15) is 31.4 Å². The van der Waals surface area contributed by atoms with Crippen molar-refractivity contribution in [3.63, 3.8) is 0 Å². The van der Waals surface area contributed by atoms with Crippen LogP contribution in [0.5, 0.6) is 0 Å². The summed E-state index contributed by atoms with van der Waals surface area (Å²) in [6.07, 6.45) is 5.50. The molecule has 3 rings (SSSR count). The molecule has 2 unspecified atom stereocenters. The molecule has 156 valence electrons. The number of carbonyl (C=O) groups excluding carboxylic acids is 2. The number of hydrogen-bond acceptors (Lipinski definition) is 5. The molecule has 1 N–H and O–H groups in total. The summed E-state index contributed by atoms with van der Waals surface area (Å²) in [6, 6.07) is 4.63. The summed E-state index contributed by atoms with van der Waals surface area (Å²) in [5, 5.41) is 2.30. The van der Waals surface area contributed by atoms with E-state index in [2.05, 4.69) is 23.1 Å². The van der Waals surface area contributed by atoms with E-state index in [4.69, 9.17) is 15.9 Å². The number of aromatic nitrogens is 2. The highest BCUT2D eigenvalue weighted by atomic mass is 16.5. The van der Waals surface area contributed by atoms with E-state index in [1.54, 1.807) is 19.2 Å². The van der Waals surface area contributed by atoms with Gasteiger partial charge >= 0.3 is 5.69 Å². The number of imide groups is 1. The van der Waals surface area contributed by atoms with Crippen LogP contribution in [0.3, 0.4) is 0 Å². The molecular weight excluding hydrogens is 386 g/mol. The Morgan fingerprint density at radius 2 is 2.10 bits per heavy atom. The lowest BCUT2D eigenvalue weighted by atomic mass is 10.1. The van der Waals surface area contributed by atoms with E-state index in [0.717, 1.165) is 0 Å². The molecule has 1 fully saturated rings. The van der Waals surface area contributed by atoms with Gasteiger partial charge in [-0.2, -0.15) is 0 Å². The average molecular weight is 409 g/mol. The Labute approximate surface area is 174 Å². The predicted octanol–water partition coefficient (Wildman–Crippen LogP) is 0.724. The van der Waals surface area contributed by atoms with Crippen molar-refractivity contribution in [2.75, 3.05) is 19.8 Å². The minimum atomic E-state index is -0.727. The Balaban J connectivity index is 1.82. The van der Waals surface area contributed by atoms with E-state index in [9.17, 15) is 14.4 Å². The van der Waals surface area contributed by atoms with E-state index in [1.807, 2.05) is 13.0 Å². The Bertz CT molecular complexity index is 1130. The lowest BCUT2D eigenvalue weighted by Gasteiger charge is -2.21. The lowest BCUT2D eigenvalue weighted by Crippen LogP contribution is -2.44. The van der Waals surface area contributed by atoms with E-state index < -0.39 is 11.9 Å². The maximum Gasteiger partial charge on any atom is 0.329 e. The van der Waals surface area contributed by atoms with Crippen molar-refractivity contribution in [3.05, 3.63) is 34.2 Å². The number of aryl methyl sites for hydroxylation is 1. The topological polar surface area (TPSA) is 91.6 Å². The zero-order valence-corrected chi connectivity index (χ0v) is 16.9. The van der Waals surface area contributed by atoms with Gasteiger partial charge in [-0.1, -0.05) is 23.8 Å². The van der Waals surface area contributed by atoms with Gasteiger partial charge in [0.2, 0.25) is 11.8 Å². The van der Waals surface area contributed by atoms with Gasteiger partial charge in [0.1, 0.15) is 19.3 Å². The number of nitrogens with one attached hydrogen (secondary N) is 1. The number of ether oxygens (including phenoxy) is 2. The number of para-hydroxylation sites is 1. The maximum atomic E-state index is 12.9. The lowest BCUT2D eigenvalue weighted by molar-refractivity contribution is -0.135. The molecule has 0 bridgehead atoms. The summed E-state index contributed by atoms with van der Waals surface area (Å²) in [5.74, 6) is 7.58. The van der Waals surface area contributed by atoms with Crippen LogP contribution in [-0.4, -0.2) is 46.9 Å². The first-order valence-corrected chi connectivity index (χ1v) is 9.59. The van der Waals surface area contributed by atoms with Crippen molar-refractivity contribution in [3.8, 4) is 24.2 Å². The van der Waals surface area contributed by atoms with Gasteiger partial charge in [0.05, 0.1) is 29.3 Å². The van der Waals surface area contributed by atoms with Crippen LogP contribution < -0.4 is 11.0 Å². The molecule has 0 aliphatic carbocycles. The number of terminal acetylenes is 1. The third kappa shape index (κ3) is 4.46. The van der Waals surface area contributed by atoms with E-state index in [-0.39, 0.29) is 43.8 Å². The summed E-state index contributed by atoms with van der Waals surface area (Å²) in [5.41, 5.74) is 1.55. The molecule has 2 heterocycles. The third-order valence-corrected chi connectivity index (χ3v) is 4.83. The summed E-state index contributed by atoms with van der Waals surface area (Å²) >= 11 is 0. The van der Waals surface area contributed by atoms with Crippen LogP contribution in [0.15, 0.2) is 23.0 Å². The highest BCUT2D eigenvalue weighted by Gasteiger charge is 2.31. The smallest absolute Gasteiger partial charge is 0.329 e. The molecule has 1 aromatic carbocycles. The molecular formula is C22H23N3O5. The normalized spacial score (nSPS) is 17.2. The quantitative estimate of drug-likeness (QED) is 0.431. The predicted molar refractivity (Wildman–Crippen MR) is 111 cm³/mol. The zero-order chi connectivity index (χ0) is 21.7. The molecule has 2 aromatic rings. The number of hydrogen-bond donors (Lipinski definition) is 1. The average Bonchev–Trinajstić information content (AvgIpc) is 2.97. The molecule has 30 heavy (non-hydrogen) atoms. The summed E-state index contributed by atoms with van der Waals surface area (Å²) in [4.78, 5) is 36.6. The molecule has 8 heteroatoms. The monoisotopic (exact) mass is 409 g/mol. The fraction of sp³-hybridized carbons (Fsp3) is 0.409. The summed E-state index contributed by atoms with van der Waals surface area (Å²) in [6.45, 7) is 2.66. The SMILES string of the molecule is C#CCOC(C)COCC#Cc1cccc2c1n(C)c(=O)n2C1CCC(=O)NC1=O. The van der Waals surface area contributed by atoms with Gasteiger partial charge in [0, 0.05) is 13.5 Å². The molecule has 0 spiro atoms. The Kier molecular flexibility index (Phi) is 6.73. The summed E-state index contributed by atoms with van der Waals surface area (Å²) < 4.78 is 13.7. The number of piperidine rings is 1. The van der Waals surface area contributed by atoms with Crippen molar-refractivity contribution in [2.45, 2.75) is 31.9 Å². The maximum absolute atomic E-state index is 12.9.